The Morgan fingerprint density at radius 2 is 1.77 bits per heavy atom. The smallest absolute Gasteiger partial charge is 0.241 e. The molecule has 1 aliphatic carbocycles. The summed E-state index contributed by atoms with van der Waals surface area (Å²) in [5, 5.41) is 5.24. The molecule has 0 aliphatic heterocycles. The lowest BCUT2D eigenvalue weighted by Gasteiger charge is -2.15. The minimum Gasteiger partial charge on any atom is -0.492 e. The first-order valence-electron chi connectivity index (χ1n) is 10.2. The molecule has 1 atom stereocenters. The number of hydrogen-bond donors (Lipinski definition) is 3. The van der Waals surface area contributed by atoms with E-state index < -0.39 is 22.0 Å². The summed E-state index contributed by atoms with van der Waals surface area (Å²) in [6.45, 7) is 3.38. The summed E-state index contributed by atoms with van der Waals surface area (Å²) in [6.07, 6.45) is 3.35. The molecule has 0 saturated heterocycles. The van der Waals surface area contributed by atoms with Crippen LogP contribution in [0.3, 0.4) is 0 Å². The molecule has 3 rings (SSSR count). The molecule has 0 radical (unpaired) electrons. The van der Waals surface area contributed by atoms with Crippen LogP contribution in [-0.4, -0.2) is 39.4 Å². The predicted molar refractivity (Wildman–Crippen MR) is 118 cm³/mol. The molecule has 0 bridgehead atoms. The van der Waals surface area contributed by atoms with Crippen LogP contribution >= 0.6 is 0 Å². The maximum Gasteiger partial charge on any atom is 0.241 e. The molecule has 31 heavy (non-hydrogen) atoms. The summed E-state index contributed by atoms with van der Waals surface area (Å²) in [6, 6.07) is 10.8. The number of anilines is 1. The zero-order chi connectivity index (χ0) is 22.4. The SMILES string of the molecule is CC(=O)Nc1ccc(S(=O)(=O)N[C@@H](C)C(=O)NCCOc2ccc3c(c2)CCC3)cc1. The molecule has 0 aromatic heterocycles. The molecule has 3 N–H and O–H groups in total. The zero-order valence-electron chi connectivity index (χ0n) is 17.6. The Bertz CT molecular complexity index is 1050. The Kier molecular flexibility index (Phi) is 7.29. The van der Waals surface area contributed by atoms with E-state index in [0.717, 1.165) is 18.6 Å². The Labute approximate surface area is 182 Å². The van der Waals surface area contributed by atoms with Crippen molar-refractivity contribution in [3.05, 3.63) is 53.6 Å². The second kappa shape index (κ2) is 9.93. The fourth-order valence-corrected chi connectivity index (χ4v) is 4.61. The van der Waals surface area contributed by atoms with Crippen molar-refractivity contribution < 1.29 is 22.7 Å². The highest BCUT2D eigenvalue weighted by atomic mass is 32.2. The lowest BCUT2D eigenvalue weighted by molar-refractivity contribution is -0.122. The van der Waals surface area contributed by atoms with Crippen LogP contribution in [0.4, 0.5) is 5.69 Å². The van der Waals surface area contributed by atoms with Crippen LogP contribution in [0.1, 0.15) is 31.4 Å². The number of benzene rings is 2. The van der Waals surface area contributed by atoms with Crippen molar-refractivity contribution in [2.45, 2.75) is 44.0 Å². The van der Waals surface area contributed by atoms with Gasteiger partial charge in [-0.3, -0.25) is 9.59 Å². The van der Waals surface area contributed by atoms with E-state index in [2.05, 4.69) is 21.4 Å². The summed E-state index contributed by atoms with van der Waals surface area (Å²) >= 11 is 0. The van der Waals surface area contributed by atoms with Gasteiger partial charge in [0.1, 0.15) is 12.4 Å². The van der Waals surface area contributed by atoms with Crippen LogP contribution in [0.2, 0.25) is 0 Å². The van der Waals surface area contributed by atoms with Crippen molar-refractivity contribution in [3.8, 4) is 5.75 Å². The quantitative estimate of drug-likeness (QED) is 0.511. The van der Waals surface area contributed by atoms with E-state index in [1.807, 2.05) is 12.1 Å². The summed E-state index contributed by atoms with van der Waals surface area (Å²) in [5.74, 6) is 0.0709. The van der Waals surface area contributed by atoms with Gasteiger partial charge in [-0.15, -0.1) is 0 Å². The topological polar surface area (TPSA) is 114 Å². The number of hydrogen-bond acceptors (Lipinski definition) is 5. The van der Waals surface area contributed by atoms with Crippen molar-refractivity contribution in [3.63, 3.8) is 0 Å². The Balaban J connectivity index is 1.45. The van der Waals surface area contributed by atoms with Crippen molar-refractivity contribution in [1.82, 2.24) is 10.0 Å². The molecule has 2 amide bonds. The van der Waals surface area contributed by atoms with Crippen LogP contribution in [0.15, 0.2) is 47.4 Å². The number of nitrogens with one attached hydrogen (secondary N) is 3. The first-order chi connectivity index (χ1) is 14.7. The van der Waals surface area contributed by atoms with Gasteiger partial charge in [0.2, 0.25) is 21.8 Å². The number of sulfonamides is 1. The summed E-state index contributed by atoms with van der Waals surface area (Å²) < 4.78 is 33.0. The Morgan fingerprint density at radius 3 is 2.48 bits per heavy atom. The van der Waals surface area contributed by atoms with E-state index in [9.17, 15) is 18.0 Å². The van der Waals surface area contributed by atoms with Gasteiger partial charge in [-0.1, -0.05) is 6.07 Å². The molecule has 0 spiro atoms. The number of fused-ring (bicyclic) bond motifs is 1. The van der Waals surface area contributed by atoms with Crippen molar-refractivity contribution in [2.24, 2.45) is 0 Å². The van der Waals surface area contributed by atoms with E-state index in [1.165, 1.54) is 55.7 Å². The van der Waals surface area contributed by atoms with E-state index in [4.69, 9.17) is 4.74 Å². The van der Waals surface area contributed by atoms with Gasteiger partial charge in [0.15, 0.2) is 0 Å². The molecule has 8 nitrogen and oxygen atoms in total. The predicted octanol–water partition coefficient (Wildman–Crippen LogP) is 2.00. The van der Waals surface area contributed by atoms with Gasteiger partial charge in [-0.25, -0.2) is 8.42 Å². The second-order valence-electron chi connectivity index (χ2n) is 7.47. The van der Waals surface area contributed by atoms with Crippen LogP contribution < -0.4 is 20.1 Å². The third kappa shape index (κ3) is 6.28. The lowest BCUT2D eigenvalue weighted by Crippen LogP contribution is -2.45. The van der Waals surface area contributed by atoms with E-state index in [1.54, 1.807) is 0 Å². The maximum absolute atomic E-state index is 12.5. The van der Waals surface area contributed by atoms with Gasteiger partial charge in [-0.05, 0) is 73.7 Å². The number of aryl methyl sites for hydroxylation is 2. The molecule has 2 aromatic rings. The number of carbonyl (C=O) groups is 2. The standard InChI is InChI=1S/C22H27N3O5S/c1-15(25-31(28,29)21-10-7-19(8-11-21)24-16(2)26)22(27)23-12-13-30-20-9-6-17-4-3-5-18(17)14-20/h6-11,14-15,25H,3-5,12-13H2,1-2H3,(H,23,27)(H,24,26)/t15-/m0/s1. The molecule has 0 heterocycles. The largest absolute Gasteiger partial charge is 0.492 e. The van der Waals surface area contributed by atoms with E-state index in [-0.39, 0.29) is 24.0 Å². The van der Waals surface area contributed by atoms with E-state index >= 15 is 0 Å². The van der Waals surface area contributed by atoms with Crippen molar-refractivity contribution in [2.75, 3.05) is 18.5 Å². The summed E-state index contributed by atoms with van der Waals surface area (Å²) in [5.41, 5.74) is 3.17. The number of ether oxygens (including phenoxy) is 1. The zero-order valence-corrected chi connectivity index (χ0v) is 18.4. The van der Waals surface area contributed by atoms with Gasteiger partial charge < -0.3 is 15.4 Å². The number of carbonyl (C=O) groups excluding carboxylic acids is 2. The van der Waals surface area contributed by atoms with Gasteiger partial charge in [0, 0.05) is 12.6 Å². The van der Waals surface area contributed by atoms with Gasteiger partial charge in [-0.2, -0.15) is 4.72 Å². The monoisotopic (exact) mass is 445 g/mol. The fourth-order valence-electron chi connectivity index (χ4n) is 3.41. The molecular formula is C22H27N3O5S. The number of rotatable bonds is 9. The molecule has 9 heteroatoms. The van der Waals surface area contributed by atoms with Crippen LogP contribution in [-0.2, 0) is 32.5 Å². The molecule has 0 unspecified atom stereocenters. The van der Waals surface area contributed by atoms with Crippen molar-refractivity contribution >= 4 is 27.5 Å². The molecule has 2 aromatic carbocycles. The maximum atomic E-state index is 12.5. The van der Waals surface area contributed by atoms with Crippen LogP contribution in [0.5, 0.6) is 5.75 Å². The minimum atomic E-state index is -3.88. The average molecular weight is 446 g/mol. The fraction of sp³-hybridized carbons (Fsp3) is 0.364. The highest BCUT2D eigenvalue weighted by molar-refractivity contribution is 7.89. The van der Waals surface area contributed by atoms with Gasteiger partial charge in [0.25, 0.3) is 0 Å². The first kappa shape index (κ1) is 22.8. The minimum absolute atomic E-state index is 0.00111. The first-order valence-corrected chi connectivity index (χ1v) is 11.7. The number of amides is 2. The Hall–Kier alpha value is -2.91. The normalized spacial score (nSPS) is 13.9. The second-order valence-corrected chi connectivity index (χ2v) is 9.19. The van der Waals surface area contributed by atoms with Crippen LogP contribution in [0.25, 0.3) is 0 Å². The Morgan fingerprint density at radius 1 is 1.06 bits per heavy atom. The highest BCUT2D eigenvalue weighted by Crippen LogP contribution is 2.25. The summed E-state index contributed by atoms with van der Waals surface area (Å²) in [4.78, 5) is 23.3. The van der Waals surface area contributed by atoms with Crippen molar-refractivity contribution in [1.29, 1.82) is 0 Å². The lowest BCUT2D eigenvalue weighted by atomic mass is 10.1. The molecule has 1 aliphatic rings. The van der Waals surface area contributed by atoms with Gasteiger partial charge in [0.05, 0.1) is 17.5 Å². The van der Waals surface area contributed by atoms with Gasteiger partial charge >= 0.3 is 0 Å². The molecule has 166 valence electrons. The third-order valence-corrected chi connectivity index (χ3v) is 6.51. The van der Waals surface area contributed by atoms with Crippen LogP contribution in [0, 0.1) is 0 Å². The molecular weight excluding hydrogens is 418 g/mol. The van der Waals surface area contributed by atoms with E-state index in [0.29, 0.717) is 5.69 Å². The molecule has 0 fully saturated rings. The molecule has 0 saturated carbocycles. The third-order valence-electron chi connectivity index (χ3n) is 4.95. The highest BCUT2D eigenvalue weighted by Gasteiger charge is 2.22. The average Bonchev–Trinajstić information content (AvgIpc) is 3.18. The summed E-state index contributed by atoms with van der Waals surface area (Å²) in [7, 11) is -3.88.